The molecule has 0 aromatic carbocycles. The molecule has 0 unspecified atom stereocenters. The summed E-state index contributed by atoms with van der Waals surface area (Å²) in [6.45, 7) is 4.55. The molecular weight excluding hydrogens is 356 g/mol. The van der Waals surface area contributed by atoms with Crippen molar-refractivity contribution in [1.82, 2.24) is 20.1 Å². The number of carbonyl (C=O) groups excluding carboxylic acids is 2. The van der Waals surface area contributed by atoms with Crippen molar-refractivity contribution in [2.45, 2.75) is 6.92 Å². The number of carbonyl (C=O) groups is 2. The summed E-state index contributed by atoms with van der Waals surface area (Å²) in [5.74, 6) is 0.160. The highest BCUT2D eigenvalue weighted by atomic mass is 32.1. The van der Waals surface area contributed by atoms with Crippen molar-refractivity contribution in [2.24, 2.45) is 0 Å². The van der Waals surface area contributed by atoms with Crippen LogP contribution in [0, 0.1) is 6.92 Å². The van der Waals surface area contributed by atoms with Gasteiger partial charge >= 0.3 is 0 Å². The third-order valence-corrected chi connectivity index (χ3v) is 4.90. The van der Waals surface area contributed by atoms with Crippen molar-refractivity contribution < 1.29 is 14.3 Å². The van der Waals surface area contributed by atoms with E-state index in [-0.39, 0.29) is 11.6 Å². The Morgan fingerprint density at radius 3 is 2.58 bits per heavy atom. The standard InChI is InChI=1S/C16H20N6O3S/c1-10-13(15(24)21(2)3)26-16(17-10)18-14(23)11-4-5-12(20-19-11)22-6-8-25-9-7-22/h4-5H,6-9H2,1-3H3,(H,17,18,23). The lowest BCUT2D eigenvalue weighted by molar-refractivity contribution is 0.0831. The molecule has 1 fully saturated rings. The largest absolute Gasteiger partial charge is 0.378 e. The molecule has 1 aliphatic heterocycles. The van der Waals surface area contributed by atoms with Crippen molar-refractivity contribution in [3.05, 3.63) is 28.4 Å². The zero-order chi connectivity index (χ0) is 18.7. The second-order valence-electron chi connectivity index (χ2n) is 5.96. The number of nitrogens with one attached hydrogen (secondary N) is 1. The van der Waals surface area contributed by atoms with Crippen LogP contribution in [0.25, 0.3) is 0 Å². The van der Waals surface area contributed by atoms with Gasteiger partial charge in [-0.3, -0.25) is 14.9 Å². The van der Waals surface area contributed by atoms with Gasteiger partial charge in [0.05, 0.1) is 18.9 Å². The third-order valence-electron chi connectivity index (χ3n) is 3.84. The van der Waals surface area contributed by atoms with Crippen LogP contribution in [0.15, 0.2) is 12.1 Å². The van der Waals surface area contributed by atoms with Crippen LogP contribution in [-0.4, -0.2) is 72.3 Å². The fourth-order valence-corrected chi connectivity index (χ4v) is 3.40. The average molecular weight is 376 g/mol. The van der Waals surface area contributed by atoms with Crippen molar-refractivity contribution in [1.29, 1.82) is 0 Å². The minimum atomic E-state index is -0.413. The number of hydrogen-bond donors (Lipinski definition) is 1. The molecule has 2 amide bonds. The molecule has 0 bridgehead atoms. The molecule has 0 radical (unpaired) electrons. The van der Waals surface area contributed by atoms with Gasteiger partial charge in [-0.15, -0.1) is 10.2 Å². The molecule has 2 aromatic heterocycles. The Balaban J connectivity index is 1.68. The Morgan fingerprint density at radius 1 is 1.23 bits per heavy atom. The molecule has 26 heavy (non-hydrogen) atoms. The zero-order valence-electron chi connectivity index (χ0n) is 14.9. The molecule has 2 aromatic rings. The van der Waals surface area contributed by atoms with Gasteiger partial charge in [0.2, 0.25) is 0 Å². The quantitative estimate of drug-likeness (QED) is 0.850. The summed E-state index contributed by atoms with van der Waals surface area (Å²) in [4.78, 5) is 32.7. The van der Waals surface area contributed by atoms with E-state index in [9.17, 15) is 9.59 Å². The molecule has 138 valence electrons. The van der Waals surface area contributed by atoms with E-state index < -0.39 is 5.91 Å². The topological polar surface area (TPSA) is 101 Å². The van der Waals surface area contributed by atoms with E-state index in [1.165, 1.54) is 4.90 Å². The number of morpholine rings is 1. The van der Waals surface area contributed by atoms with E-state index in [2.05, 4.69) is 25.4 Å². The lowest BCUT2D eigenvalue weighted by Crippen LogP contribution is -2.37. The van der Waals surface area contributed by atoms with Gasteiger partial charge in [-0.05, 0) is 19.1 Å². The van der Waals surface area contributed by atoms with Crippen molar-refractivity contribution in [3.8, 4) is 0 Å². The van der Waals surface area contributed by atoms with Crippen LogP contribution >= 0.6 is 11.3 Å². The van der Waals surface area contributed by atoms with Gasteiger partial charge in [-0.25, -0.2) is 4.98 Å². The van der Waals surface area contributed by atoms with Gasteiger partial charge in [-0.2, -0.15) is 0 Å². The van der Waals surface area contributed by atoms with Gasteiger partial charge in [0.15, 0.2) is 16.6 Å². The van der Waals surface area contributed by atoms with Gasteiger partial charge < -0.3 is 14.5 Å². The second-order valence-corrected chi connectivity index (χ2v) is 6.96. The molecule has 3 rings (SSSR count). The Labute approximate surface area is 155 Å². The van der Waals surface area contributed by atoms with Crippen molar-refractivity contribution >= 4 is 34.1 Å². The highest BCUT2D eigenvalue weighted by Crippen LogP contribution is 2.24. The summed E-state index contributed by atoms with van der Waals surface area (Å²) in [5, 5.41) is 11.2. The minimum absolute atomic E-state index is 0.143. The summed E-state index contributed by atoms with van der Waals surface area (Å²) < 4.78 is 5.31. The fraction of sp³-hybridized carbons (Fsp3) is 0.438. The first kappa shape index (κ1) is 18.2. The number of thiazole rings is 1. The van der Waals surface area contributed by atoms with E-state index >= 15 is 0 Å². The number of rotatable bonds is 4. The summed E-state index contributed by atoms with van der Waals surface area (Å²) in [6.07, 6.45) is 0. The average Bonchev–Trinajstić information content (AvgIpc) is 3.01. The van der Waals surface area contributed by atoms with E-state index in [0.717, 1.165) is 24.4 Å². The maximum Gasteiger partial charge on any atom is 0.277 e. The molecule has 1 saturated heterocycles. The molecule has 1 aliphatic rings. The first-order valence-corrected chi connectivity index (χ1v) is 8.94. The highest BCUT2D eigenvalue weighted by Gasteiger charge is 2.19. The third kappa shape index (κ3) is 3.97. The Bertz CT molecular complexity index is 799. The molecule has 10 heteroatoms. The normalized spacial score (nSPS) is 14.2. The van der Waals surface area contributed by atoms with Gasteiger partial charge in [0, 0.05) is 27.2 Å². The molecule has 0 aliphatic carbocycles. The predicted molar refractivity (Wildman–Crippen MR) is 97.9 cm³/mol. The minimum Gasteiger partial charge on any atom is -0.378 e. The summed E-state index contributed by atoms with van der Waals surface area (Å²) in [7, 11) is 3.34. The van der Waals surface area contributed by atoms with Crippen LogP contribution in [0.2, 0.25) is 0 Å². The maximum atomic E-state index is 12.4. The van der Waals surface area contributed by atoms with E-state index in [1.54, 1.807) is 33.2 Å². The Morgan fingerprint density at radius 2 is 1.96 bits per heavy atom. The van der Waals surface area contributed by atoms with Gasteiger partial charge in [0.1, 0.15) is 4.88 Å². The zero-order valence-corrected chi connectivity index (χ0v) is 15.7. The number of aromatic nitrogens is 3. The van der Waals surface area contributed by atoms with Crippen molar-refractivity contribution in [3.63, 3.8) is 0 Å². The molecule has 0 atom stereocenters. The van der Waals surface area contributed by atoms with Gasteiger partial charge in [0.25, 0.3) is 11.8 Å². The van der Waals surface area contributed by atoms with E-state index in [4.69, 9.17) is 4.74 Å². The smallest absolute Gasteiger partial charge is 0.277 e. The second kappa shape index (κ2) is 7.75. The predicted octanol–water partition coefficient (Wildman–Crippen LogP) is 1.03. The number of nitrogens with zero attached hydrogens (tertiary/aromatic N) is 5. The SMILES string of the molecule is Cc1nc(NC(=O)c2ccc(N3CCOCC3)nn2)sc1C(=O)N(C)C. The number of hydrogen-bond acceptors (Lipinski definition) is 8. The van der Waals surface area contributed by atoms with Crippen LogP contribution in [0.3, 0.4) is 0 Å². The molecule has 9 nitrogen and oxygen atoms in total. The molecule has 0 spiro atoms. The number of aryl methyl sites for hydroxylation is 1. The summed E-state index contributed by atoms with van der Waals surface area (Å²) in [5.41, 5.74) is 0.771. The fourth-order valence-electron chi connectivity index (χ4n) is 2.42. The van der Waals surface area contributed by atoms with Crippen LogP contribution in [0.1, 0.15) is 25.9 Å². The van der Waals surface area contributed by atoms with E-state index in [0.29, 0.717) is 34.7 Å². The summed E-state index contributed by atoms with van der Waals surface area (Å²) in [6, 6.07) is 3.39. The van der Waals surface area contributed by atoms with E-state index in [1.807, 2.05) is 0 Å². The number of ether oxygens (including phenoxy) is 1. The molecular formula is C16H20N6O3S. The highest BCUT2D eigenvalue weighted by molar-refractivity contribution is 7.17. The first-order valence-electron chi connectivity index (χ1n) is 8.12. The van der Waals surface area contributed by atoms with Crippen molar-refractivity contribution in [2.75, 3.05) is 50.6 Å². The van der Waals surface area contributed by atoms with Crippen LogP contribution in [-0.2, 0) is 4.74 Å². The van der Waals surface area contributed by atoms with Crippen LogP contribution in [0.5, 0.6) is 0 Å². The molecule has 3 heterocycles. The molecule has 1 N–H and O–H groups in total. The maximum absolute atomic E-state index is 12.4. The van der Waals surface area contributed by atoms with Crippen LogP contribution < -0.4 is 10.2 Å². The lowest BCUT2D eigenvalue weighted by Gasteiger charge is -2.27. The number of amides is 2. The Kier molecular flexibility index (Phi) is 5.43. The Hall–Kier alpha value is -2.59. The summed E-state index contributed by atoms with van der Waals surface area (Å²) >= 11 is 1.14. The monoisotopic (exact) mass is 376 g/mol. The first-order chi connectivity index (χ1) is 12.5. The number of anilines is 2. The lowest BCUT2D eigenvalue weighted by atomic mass is 10.3. The molecule has 0 saturated carbocycles. The van der Waals surface area contributed by atoms with Gasteiger partial charge in [-0.1, -0.05) is 11.3 Å². The van der Waals surface area contributed by atoms with Crippen LogP contribution in [0.4, 0.5) is 10.9 Å².